The maximum Gasteiger partial charge on any atom is 0.124 e. The maximum atomic E-state index is 6.02. The fourth-order valence-electron chi connectivity index (χ4n) is 3.69. The van der Waals surface area contributed by atoms with E-state index in [0.717, 1.165) is 44.0 Å². The summed E-state index contributed by atoms with van der Waals surface area (Å²) in [4.78, 5) is 9.35. The molecule has 0 saturated carbocycles. The van der Waals surface area contributed by atoms with Gasteiger partial charge in [0.05, 0.1) is 5.69 Å². The number of nitrogens with zero attached hydrogens (tertiary/aromatic N) is 3. The van der Waals surface area contributed by atoms with Crippen LogP contribution >= 0.6 is 11.6 Å². The number of halogens is 1. The van der Waals surface area contributed by atoms with Gasteiger partial charge in [-0.2, -0.15) is 0 Å². The summed E-state index contributed by atoms with van der Waals surface area (Å²) >= 11 is 5.90. The highest BCUT2D eigenvalue weighted by Crippen LogP contribution is 2.19. The zero-order valence-electron chi connectivity index (χ0n) is 17.5. The van der Waals surface area contributed by atoms with Crippen LogP contribution in [0, 0.1) is 0 Å². The van der Waals surface area contributed by atoms with E-state index >= 15 is 0 Å². The minimum absolute atomic E-state index is 0.459. The lowest BCUT2D eigenvalue weighted by Crippen LogP contribution is -2.45. The predicted octanol–water partition coefficient (Wildman–Crippen LogP) is 5.36. The van der Waals surface area contributed by atoms with Crippen LogP contribution in [0.5, 0.6) is 0 Å². The number of hydrogen-bond acceptors (Lipinski definition) is 3. The summed E-state index contributed by atoms with van der Waals surface area (Å²) in [6.45, 7) is 5.27. The summed E-state index contributed by atoms with van der Waals surface area (Å²) in [7, 11) is 0. The lowest BCUT2D eigenvalue weighted by Gasteiger charge is -2.36. The highest BCUT2D eigenvalue weighted by atomic mass is 35.5. The molecule has 1 fully saturated rings. The average Bonchev–Trinajstić information content (AvgIpc) is 2.81. The zero-order chi connectivity index (χ0) is 21.5. The molecule has 4 nitrogen and oxygen atoms in total. The Morgan fingerprint density at radius 3 is 2.23 bits per heavy atom. The number of hydrogen-bond donors (Lipinski definition) is 1. The van der Waals surface area contributed by atoms with Crippen molar-refractivity contribution in [3.05, 3.63) is 101 Å². The van der Waals surface area contributed by atoms with Gasteiger partial charge in [0.1, 0.15) is 5.84 Å². The van der Waals surface area contributed by atoms with Crippen LogP contribution in [0.15, 0.2) is 89.9 Å². The van der Waals surface area contributed by atoms with E-state index < -0.39 is 0 Å². The quantitative estimate of drug-likeness (QED) is 0.422. The Balaban J connectivity index is 1.30. The minimum Gasteiger partial charge on any atom is -0.384 e. The molecule has 1 aliphatic heterocycles. The molecule has 1 saturated heterocycles. The monoisotopic (exact) mass is 430 g/mol. The minimum atomic E-state index is 0.459. The SMILES string of the molecule is NC(C=Cc1ccc(N2CCN(Cc3ccccc3)CC2)cc1)=Nc1ccc(Cl)cc1. The third-order valence-corrected chi connectivity index (χ3v) is 5.66. The molecule has 4 rings (SSSR count). The third kappa shape index (κ3) is 6.20. The van der Waals surface area contributed by atoms with Crippen molar-refractivity contribution < 1.29 is 0 Å². The molecular formula is C26H27ClN4. The molecule has 0 bridgehead atoms. The van der Waals surface area contributed by atoms with Crippen molar-refractivity contribution >= 4 is 34.9 Å². The number of benzene rings is 3. The van der Waals surface area contributed by atoms with Gasteiger partial charge in [-0.1, -0.05) is 60.1 Å². The second-order valence-electron chi connectivity index (χ2n) is 7.69. The van der Waals surface area contributed by atoms with Gasteiger partial charge in [-0.05, 0) is 53.6 Å². The topological polar surface area (TPSA) is 44.9 Å². The van der Waals surface area contributed by atoms with Crippen LogP contribution in [0.2, 0.25) is 5.02 Å². The number of anilines is 1. The van der Waals surface area contributed by atoms with Crippen molar-refractivity contribution in [3.63, 3.8) is 0 Å². The van der Waals surface area contributed by atoms with Crippen molar-refractivity contribution in [1.29, 1.82) is 0 Å². The molecule has 0 atom stereocenters. The van der Waals surface area contributed by atoms with Gasteiger partial charge < -0.3 is 10.6 Å². The molecule has 2 N–H and O–H groups in total. The first-order valence-corrected chi connectivity index (χ1v) is 10.9. The molecule has 3 aromatic rings. The Hall–Kier alpha value is -3.08. The van der Waals surface area contributed by atoms with E-state index in [-0.39, 0.29) is 0 Å². The van der Waals surface area contributed by atoms with E-state index in [1.807, 2.05) is 24.3 Å². The van der Waals surface area contributed by atoms with E-state index in [2.05, 4.69) is 69.4 Å². The molecule has 5 heteroatoms. The van der Waals surface area contributed by atoms with Crippen LogP contribution in [-0.4, -0.2) is 36.9 Å². The molecule has 1 aliphatic rings. The summed E-state index contributed by atoms with van der Waals surface area (Å²) in [5, 5.41) is 0.686. The Labute approximate surface area is 189 Å². The molecule has 158 valence electrons. The van der Waals surface area contributed by atoms with E-state index in [1.54, 1.807) is 12.1 Å². The Morgan fingerprint density at radius 2 is 1.55 bits per heavy atom. The molecule has 0 aliphatic carbocycles. The predicted molar refractivity (Wildman–Crippen MR) is 132 cm³/mol. The number of piperazine rings is 1. The smallest absolute Gasteiger partial charge is 0.124 e. The molecule has 3 aromatic carbocycles. The number of rotatable bonds is 6. The zero-order valence-corrected chi connectivity index (χ0v) is 18.2. The first-order chi connectivity index (χ1) is 15.2. The lowest BCUT2D eigenvalue weighted by atomic mass is 10.1. The van der Waals surface area contributed by atoms with Gasteiger partial charge in [-0.15, -0.1) is 0 Å². The second-order valence-corrected chi connectivity index (χ2v) is 8.12. The first-order valence-electron chi connectivity index (χ1n) is 10.5. The molecule has 0 aromatic heterocycles. The fourth-order valence-corrected chi connectivity index (χ4v) is 3.81. The molecule has 0 spiro atoms. The highest BCUT2D eigenvalue weighted by molar-refractivity contribution is 6.30. The Kier molecular flexibility index (Phi) is 7.03. The maximum absolute atomic E-state index is 6.02. The third-order valence-electron chi connectivity index (χ3n) is 5.41. The van der Waals surface area contributed by atoms with E-state index in [0.29, 0.717) is 10.9 Å². The number of nitrogens with two attached hydrogens (primary N) is 1. The van der Waals surface area contributed by atoms with Gasteiger partial charge in [0.15, 0.2) is 0 Å². The van der Waals surface area contributed by atoms with Crippen LogP contribution < -0.4 is 10.6 Å². The molecular weight excluding hydrogens is 404 g/mol. The molecule has 0 amide bonds. The van der Waals surface area contributed by atoms with Gasteiger partial charge in [0.25, 0.3) is 0 Å². The highest BCUT2D eigenvalue weighted by Gasteiger charge is 2.17. The van der Waals surface area contributed by atoms with E-state index in [9.17, 15) is 0 Å². The van der Waals surface area contributed by atoms with Gasteiger partial charge in [0.2, 0.25) is 0 Å². The number of aliphatic imine (C=N–C) groups is 1. The van der Waals surface area contributed by atoms with Gasteiger partial charge in [0, 0.05) is 43.4 Å². The van der Waals surface area contributed by atoms with E-state index in [1.165, 1.54) is 11.3 Å². The summed E-state index contributed by atoms with van der Waals surface area (Å²) in [6.07, 6.45) is 3.81. The average molecular weight is 431 g/mol. The second kappa shape index (κ2) is 10.3. The van der Waals surface area contributed by atoms with Crippen molar-refractivity contribution in [1.82, 2.24) is 4.90 Å². The summed E-state index contributed by atoms with van der Waals surface area (Å²) in [6, 6.07) is 26.6. The Morgan fingerprint density at radius 1 is 0.871 bits per heavy atom. The largest absolute Gasteiger partial charge is 0.384 e. The van der Waals surface area contributed by atoms with Crippen LogP contribution in [0.3, 0.4) is 0 Å². The standard InChI is InChI=1S/C26H27ClN4/c27-23-9-11-24(12-10-23)29-26(28)15-8-21-6-13-25(14-7-21)31-18-16-30(17-19-31)20-22-4-2-1-3-5-22/h1-15H,16-20H2,(H2,28,29). The Bertz CT molecular complexity index is 1020. The van der Waals surface area contributed by atoms with Crippen LogP contribution in [0.1, 0.15) is 11.1 Å². The van der Waals surface area contributed by atoms with Gasteiger partial charge in [-0.25, -0.2) is 4.99 Å². The van der Waals surface area contributed by atoms with Gasteiger partial charge in [-0.3, -0.25) is 4.90 Å². The van der Waals surface area contributed by atoms with Crippen molar-refractivity contribution in [2.24, 2.45) is 10.7 Å². The van der Waals surface area contributed by atoms with E-state index in [4.69, 9.17) is 17.3 Å². The first kappa shape index (κ1) is 21.2. The van der Waals surface area contributed by atoms with Crippen molar-refractivity contribution in [2.75, 3.05) is 31.1 Å². The molecule has 0 radical (unpaired) electrons. The van der Waals surface area contributed by atoms with Crippen LogP contribution in [-0.2, 0) is 6.54 Å². The molecule has 1 heterocycles. The lowest BCUT2D eigenvalue weighted by molar-refractivity contribution is 0.250. The molecule has 0 unspecified atom stereocenters. The van der Waals surface area contributed by atoms with Gasteiger partial charge >= 0.3 is 0 Å². The fraction of sp³-hybridized carbons (Fsp3) is 0.192. The molecule has 31 heavy (non-hydrogen) atoms. The summed E-state index contributed by atoms with van der Waals surface area (Å²) in [5.74, 6) is 0.459. The van der Waals surface area contributed by atoms with Crippen LogP contribution in [0.4, 0.5) is 11.4 Å². The number of amidine groups is 1. The van der Waals surface area contributed by atoms with Crippen molar-refractivity contribution in [3.8, 4) is 0 Å². The summed E-state index contributed by atoms with van der Waals surface area (Å²) in [5.41, 5.74) is 10.6. The summed E-state index contributed by atoms with van der Waals surface area (Å²) < 4.78 is 0. The van der Waals surface area contributed by atoms with Crippen LogP contribution in [0.25, 0.3) is 6.08 Å². The van der Waals surface area contributed by atoms with Crippen molar-refractivity contribution in [2.45, 2.75) is 6.54 Å². The normalized spacial score (nSPS) is 15.5.